The molecule has 0 saturated carbocycles. The van der Waals surface area contributed by atoms with Crippen LogP contribution in [0.4, 0.5) is 0 Å². The quantitative estimate of drug-likeness (QED) is 0.102. The first kappa shape index (κ1) is 52.4. The van der Waals surface area contributed by atoms with Crippen molar-refractivity contribution in [1.29, 1.82) is 0 Å². The van der Waals surface area contributed by atoms with Crippen LogP contribution in [-0.4, -0.2) is 26.4 Å². The van der Waals surface area contributed by atoms with Crippen LogP contribution in [0.3, 0.4) is 0 Å². The minimum absolute atomic E-state index is 0.0293. The summed E-state index contributed by atoms with van der Waals surface area (Å²) >= 11 is 0. The molecular weight excluding hydrogens is 1060 g/mol. The van der Waals surface area contributed by atoms with Gasteiger partial charge in [0.2, 0.25) is 0 Å². The summed E-state index contributed by atoms with van der Waals surface area (Å²) in [6, 6.07) is 92.2. The van der Waals surface area contributed by atoms with E-state index in [0.29, 0.717) is 17.2 Å². The molecule has 0 amide bonds. The van der Waals surface area contributed by atoms with Crippen molar-refractivity contribution < 1.29 is 18.9 Å². The molecule has 4 nitrogen and oxygen atoms in total. The van der Waals surface area contributed by atoms with E-state index in [1.165, 1.54) is 22.3 Å². The highest BCUT2D eigenvalue weighted by Gasteiger charge is 2.53. The molecule has 0 saturated heterocycles. The summed E-state index contributed by atoms with van der Waals surface area (Å²) in [5, 5.41) is 4.13. The molecule has 3 aliphatic rings. The van der Waals surface area contributed by atoms with Crippen LogP contribution in [0.5, 0.6) is 23.0 Å². The van der Waals surface area contributed by atoms with E-state index >= 15 is 0 Å². The lowest BCUT2D eigenvalue weighted by molar-refractivity contribution is 0.355. The molecule has 410 valence electrons. The second kappa shape index (κ2) is 21.0. The van der Waals surface area contributed by atoms with Gasteiger partial charge in [-0.2, -0.15) is 0 Å². The van der Waals surface area contributed by atoms with Gasteiger partial charge in [0.25, 0.3) is 0 Å². The Labute approximate surface area is 507 Å². The first-order chi connectivity index (χ1) is 43.0. The molecule has 0 unspecified atom stereocenters. The van der Waals surface area contributed by atoms with Crippen molar-refractivity contribution in [3.63, 3.8) is 0 Å². The van der Waals surface area contributed by atoms with E-state index in [1.54, 1.807) is 0 Å². The summed E-state index contributed by atoms with van der Waals surface area (Å²) in [5.74, 6) is 13.6. The van der Waals surface area contributed by atoms with Crippen LogP contribution in [0.15, 0.2) is 255 Å². The van der Waals surface area contributed by atoms with Crippen molar-refractivity contribution in [2.45, 2.75) is 16.2 Å². The van der Waals surface area contributed by atoms with Gasteiger partial charge in [-0.15, -0.1) is 25.7 Å². The van der Waals surface area contributed by atoms with E-state index in [0.717, 1.165) is 105 Å². The summed E-state index contributed by atoms with van der Waals surface area (Å²) < 4.78 is 25.9. The van der Waals surface area contributed by atoms with Crippen molar-refractivity contribution in [2.75, 3.05) is 26.4 Å². The maximum absolute atomic E-state index is 6.99. The van der Waals surface area contributed by atoms with Crippen LogP contribution in [0, 0.1) is 49.4 Å². The summed E-state index contributed by atoms with van der Waals surface area (Å²) in [4.78, 5) is 0. The third kappa shape index (κ3) is 7.73. The van der Waals surface area contributed by atoms with Crippen molar-refractivity contribution in [3.8, 4) is 106 Å². The summed E-state index contributed by atoms with van der Waals surface area (Å²) in [7, 11) is 0. The Kier molecular flexibility index (Phi) is 12.7. The van der Waals surface area contributed by atoms with Crippen LogP contribution in [0.2, 0.25) is 0 Å². The fraction of sp³-hybridized carbons (Fsp3) is 0.0843. The largest absolute Gasteiger partial charge is 0.481 e. The molecule has 4 heteroatoms. The molecule has 12 aromatic carbocycles. The number of hydrogen-bond donors (Lipinski definition) is 0. The zero-order valence-corrected chi connectivity index (χ0v) is 47.5. The Morgan fingerprint density at radius 2 is 0.609 bits per heavy atom. The number of hydrogen-bond acceptors (Lipinski definition) is 4. The molecule has 0 spiro atoms. The minimum Gasteiger partial charge on any atom is -0.481 e. The van der Waals surface area contributed by atoms with Gasteiger partial charge in [-0.3, -0.25) is 0 Å². The van der Waals surface area contributed by atoms with Crippen LogP contribution in [0.25, 0.3) is 54.9 Å². The Morgan fingerprint density at radius 3 is 1.13 bits per heavy atom. The average Bonchev–Trinajstić information content (AvgIpc) is 1.66. The van der Waals surface area contributed by atoms with E-state index in [1.807, 2.05) is 18.2 Å². The van der Waals surface area contributed by atoms with Gasteiger partial charge in [-0.05, 0) is 165 Å². The van der Waals surface area contributed by atoms with Crippen LogP contribution < -0.4 is 18.9 Å². The molecule has 0 bridgehead atoms. The normalized spacial score (nSPS) is 13.7. The van der Waals surface area contributed by atoms with Gasteiger partial charge >= 0.3 is 0 Å². The summed E-state index contributed by atoms with van der Waals surface area (Å²) in [6.07, 6.45) is 23.7. The zero-order chi connectivity index (χ0) is 58.7. The fourth-order valence-corrected chi connectivity index (χ4v) is 15.0. The summed E-state index contributed by atoms with van der Waals surface area (Å²) in [5.41, 5.74) is 17.2. The number of ether oxygens (including phenoxy) is 4. The standard InChI is InChI=1S/C83H54O4/c1-5-47-84-62-42-37-58(38-43-62)81(71-27-15-9-21-65(71)66-22-10-16-28-72(66)81)61-40-46-78(86-49-7-3)77(54-61)83(75-31-19-13-25-69(75)70-26-14-20-32-76(70)83)80-64-44-39-60(52-57(64)35-45-79(80)87-50-8-4)82(73-29-17-11-23-67(73)68-24-12-18-30-74(68)82)59-36-33-56-53-63(85-48-6-2)41-34-55(56)51-59/h1-4,9-46,51-54H,47-50H2. The average molecular weight is 1120 g/mol. The molecule has 87 heavy (non-hydrogen) atoms. The SMILES string of the molecule is C#CCOc1ccc(C2(c3ccc(OCC#C)c(C4(c5c(OCC#C)ccc6cc(C7(c8ccc9cc(OCC#C)ccc9c8)c8ccccc8-c8ccccc87)ccc56)c5ccccc5-c5ccccc54)c3)c3ccccc3-c3ccccc32)cc1. The second-order valence-corrected chi connectivity index (χ2v) is 22.3. The van der Waals surface area contributed by atoms with Gasteiger partial charge in [0.15, 0.2) is 0 Å². The molecule has 0 radical (unpaired) electrons. The maximum Gasteiger partial charge on any atom is 0.148 e. The fourth-order valence-electron chi connectivity index (χ4n) is 15.0. The van der Waals surface area contributed by atoms with Crippen molar-refractivity contribution >= 4 is 21.5 Å². The van der Waals surface area contributed by atoms with E-state index in [4.69, 9.17) is 44.6 Å². The third-order valence-electron chi connectivity index (χ3n) is 18.3. The lowest BCUT2D eigenvalue weighted by Crippen LogP contribution is -2.33. The maximum atomic E-state index is 6.99. The predicted molar refractivity (Wildman–Crippen MR) is 351 cm³/mol. The number of rotatable bonds is 14. The molecule has 0 heterocycles. The zero-order valence-electron chi connectivity index (χ0n) is 47.5. The first-order valence-corrected chi connectivity index (χ1v) is 29.2. The minimum atomic E-state index is -1.13. The molecule has 12 aromatic rings. The van der Waals surface area contributed by atoms with E-state index in [2.05, 4.69) is 260 Å². The van der Waals surface area contributed by atoms with Crippen LogP contribution in [-0.2, 0) is 16.2 Å². The van der Waals surface area contributed by atoms with Gasteiger partial charge < -0.3 is 18.9 Å². The van der Waals surface area contributed by atoms with Gasteiger partial charge in [0.1, 0.15) is 49.4 Å². The molecule has 0 aromatic heterocycles. The number of terminal acetylenes is 4. The highest BCUT2D eigenvalue weighted by molar-refractivity contribution is 5.99. The highest BCUT2D eigenvalue weighted by atomic mass is 16.5. The second-order valence-electron chi connectivity index (χ2n) is 22.3. The lowest BCUT2D eigenvalue weighted by atomic mass is 9.62. The molecule has 15 rings (SSSR count). The smallest absolute Gasteiger partial charge is 0.148 e. The summed E-state index contributed by atoms with van der Waals surface area (Å²) in [6.45, 7) is 0.414. The number of fused-ring (bicyclic) bond motifs is 11. The Morgan fingerprint density at radius 1 is 0.264 bits per heavy atom. The van der Waals surface area contributed by atoms with Crippen molar-refractivity contribution in [3.05, 3.63) is 322 Å². The molecular formula is C83H54O4. The molecule has 0 atom stereocenters. The Balaban J connectivity index is 1.05. The van der Waals surface area contributed by atoms with Gasteiger partial charge in [0, 0.05) is 11.1 Å². The third-order valence-corrected chi connectivity index (χ3v) is 18.3. The van der Waals surface area contributed by atoms with Gasteiger partial charge in [-0.1, -0.05) is 224 Å². The molecule has 0 aliphatic heterocycles. The van der Waals surface area contributed by atoms with Crippen molar-refractivity contribution in [1.82, 2.24) is 0 Å². The van der Waals surface area contributed by atoms with E-state index in [-0.39, 0.29) is 26.4 Å². The van der Waals surface area contributed by atoms with Crippen LogP contribution >= 0.6 is 0 Å². The van der Waals surface area contributed by atoms with Crippen LogP contribution in [0.1, 0.15) is 66.8 Å². The highest BCUT2D eigenvalue weighted by Crippen LogP contribution is 2.64. The predicted octanol–water partition coefficient (Wildman–Crippen LogP) is 17.1. The molecule has 0 N–H and O–H groups in total. The number of benzene rings is 12. The van der Waals surface area contributed by atoms with Crippen molar-refractivity contribution in [2.24, 2.45) is 0 Å². The lowest BCUT2D eigenvalue weighted by Gasteiger charge is -2.39. The first-order valence-electron chi connectivity index (χ1n) is 29.2. The molecule has 0 fully saturated rings. The Hall–Kier alpha value is -11.4. The topological polar surface area (TPSA) is 36.9 Å². The van der Waals surface area contributed by atoms with Gasteiger partial charge in [0.05, 0.1) is 16.2 Å². The molecule has 3 aliphatic carbocycles. The van der Waals surface area contributed by atoms with Gasteiger partial charge in [-0.25, -0.2) is 0 Å². The Bertz CT molecular complexity index is 4820. The van der Waals surface area contributed by atoms with E-state index < -0.39 is 16.2 Å². The monoisotopic (exact) mass is 1110 g/mol. The van der Waals surface area contributed by atoms with E-state index in [9.17, 15) is 0 Å².